The number of rotatable bonds is 15. The van der Waals surface area contributed by atoms with Crippen LogP contribution in [0, 0.1) is 0 Å². The highest BCUT2D eigenvalue weighted by Crippen LogP contribution is 2.31. The van der Waals surface area contributed by atoms with Crippen LogP contribution < -0.4 is 0 Å². The van der Waals surface area contributed by atoms with Gasteiger partial charge in [0, 0.05) is 71.9 Å². The van der Waals surface area contributed by atoms with Crippen molar-refractivity contribution in [1.29, 1.82) is 0 Å². The molecule has 39 heteroatoms. The Morgan fingerprint density at radius 2 is 0.581 bits per heavy atom. The van der Waals surface area contributed by atoms with E-state index in [0.717, 1.165) is 0 Å². The van der Waals surface area contributed by atoms with Gasteiger partial charge in [-0.3, -0.25) is 0 Å². The SMILES string of the molecule is OCCC1OC(O)C(O)C(O)C(CCO)OC(O)/C(O)=C(\O)C(CCO)OC(O)/C(O)=C(\O)C(CCO)OC2OC(CO)C(OC(O)C(O)C(O)C(CCO)OC(O)C(O)C(O)C(CCO)OC(O)C(O)C(O)C(CCO)O/C(O)=C/1O)C(O)C2O. The number of fused-ring (bicyclic) bond motifs is 33. The number of hydrogen-bond donors (Lipinski definition) is 30. The molecule has 1 fully saturated rings. The molecule has 3 heterocycles. The van der Waals surface area contributed by atoms with Crippen LogP contribution in [0.4, 0.5) is 0 Å². The van der Waals surface area contributed by atoms with E-state index in [-0.39, 0.29) is 0 Å². The molecular weight excluding hydrogens is 1190 g/mol. The summed E-state index contributed by atoms with van der Waals surface area (Å²) in [6, 6.07) is 0. The highest BCUT2D eigenvalue weighted by molar-refractivity contribution is 5.11. The third-order valence-electron chi connectivity index (χ3n) is 13.3. The maximum atomic E-state index is 11.1. The van der Waals surface area contributed by atoms with Crippen LogP contribution in [0.25, 0.3) is 0 Å². The van der Waals surface area contributed by atoms with E-state index in [4.69, 9.17) is 42.6 Å². The fourth-order valence-electron chi connectivity index (χ4n) is 8.36. The van der Waals surface area contributed by atoms with Gasteiger partial charge in [-0.15, -0.1) is 0 Å². The summed E-state index contributed by atoms with van der Waals surface area (Å²) in [4.78, 5) is 0. The second-order valence-corrected chi connectivity index (χ2v) is 19.4. The predicted molar refractivity (Wildman–Crippen MR) is 270 cm³/mol. The van der Waals surface area contributed by atoms with Gasteiger partial charge in [0.15, 0.2) is 54.5 Å². The Morgan fingerprint density at radius 3 is 0.977 bits per heavy atom. The van der Waals surface area contributed by atoms with Crippen LogP contribution in [0.3, 0.4) is 0 Å². The van der Waals surface area contributed by atoms with Gasteiger partial charge in [-0.05, 0) is 19.3 Å². The average molecular weight is 1280 g/mol. The smallest absolute Gasteiger partial charge is 0.319 e. The van der Waals surface area contributed by atoms with Crippen LogP contribution in [-0.4, -0.2) is 366 Å². The molecule has 3 aliphatic rings. The van der Waals surface area contributed by atoms with Crippen LogP contribution in [0.5, 0.6) is 0 Å². The molecule has 39 nitrogen and oxygen atoms in total. The molecule has 0 amide bonds. The predicted octanol–water partition coefficient (Wildman–Crippen LogP) is -12.1. The zero-order valence-electron chi connectivity index (χ0n) is 45.7. The molecule has 30 N–H and O–H groups in total. The maximum Gasteiger partial charge on any atom is 0.319 e. The molecule has 0 radical (unpaired) electrons. The van der Waals surface area contributed by atoms with Crippen LogP contribution in [0.2, 0.25) is 0 Å². The summed E-state index contributed by atoms with van der Waals surface area (Å²) in [5.74, 6) is -9.49. The molecule has 3 aliphatic heterocycles. The van der Waals surface area contributed by atoms with Crippen molar-refractivity contribution in [2.45, 2.75) is 205 Å². The molecule has 1 saturated heterocycles. The summed E-state index contributed by atoms with van der Waals surface area (Å²) in [7, 11) is 0. The topological polar surface area (TPSA) is 690 Å². The molecule has 0 aromatic heterocycles. The molecule has 0 aromatic rings. The molecule has 0 aromatic carbocycles. The lowest BCUT2D eigenvalue weighted by Gasteiger charge is -2.43. The second-order valence-electron chi connectivity index (χ2n) is 19.4. The largest absolute Gasteiger partial charge is 0.506 e. The first-order valence-corrected chi connectivity index (χ1v) is 26.5. The van der Waals surface area contributed by atoms with Crippen molar-refractivity contribution in [3.63, 3.8) is 0 Å². The molecule has 0 saturated carbocycles. The van der Waals surface area contributed by atoms with Crippen molar-refractivity contribution in [1.82, 2.24) is 0 Å². The van der Waals surface area contributed by atoms with E-state index in [1.54, 1.807) is 0 Å². The average Bonchev–Trinajstić information content (AvgIpc) is 3.00. The zero-order chi connectivity index (χ0) is 65.4. The third kappa shape index (κ3) is 22.2. The number of ether oxygens (including phenoxy) is 9. The zero-order valence-corrected chi connectivity index (χ0v) is 45.7. The third-order valence-corrected chi connectivity index (χ3v) is 13.3. The summed E-state index contributed by atoms with van der Waals surface area (Å²) in [5.41, 5.74) is 0. The fraction of sp³-hybridized carbons (Fsp3) is 0.872. The highest BCUT2D eigenvalue weighted by atomic mass is 16.7. The standard InChI is InChI=1S/C47H86O39/c48-8-1-16-24(56)32(64)41(72)79-17(2-9-49)25(57)34(66)43(74)82-20(5-12-52)28(60)37(69)46(77)86-39-23(15-55)85-47(38(70)31(39)63)84-21(6-13-53)29(61)36(68)44(75)81-18(3-10-50)26(58)33(65)42(73)80-19(4-11-51)27(59)35(67)45(76)83-22(7-14-54)30(62)40(71)78-16/h16-25,27-28,31-32,34-35,37-39,41-77H,1-15H2/b33-26+,36-29+,40-30-. The minimum Gasteiger partial charge on any atom is -0.506 e. The van der Waals surface area contributed by atoms with Crippen molar-refractivity contribution >= 4 is 0 Å². The first-order chi connectivity index (χ1) is 40.5. The van der Waals surface area contributed by atoms with E-state index in [1.807, 2.05) is 0 Å². The minimum atomic E-state index is -2.85. The van der Waals surface area contributed by atoms with E-state index in [1.165, 1.54) is 0 Å². The van der Waals surface area contributed by atoms with E-state index < -0.39 is 293 Å². The Morgan fingerprint density at radius 1 is 0.256 bits per heavy atom. The molecule has 508 valence electrons. The molecule has 0 spiro atoms. The highest BCUT2D eigenvalue weighted by Gasteiger charge is 2.50. The monoisotopic (exact) mass is 1270 g/mol. The van der Waals surface area contributed by atoms with Gasteiger partial charge in [0.25, 0.3) is 0 Å². The summed E-state index contributed by atoms with van der Waals surface area (Å²) in [5, 5.41) is 318. The first kappa shape index (κ1) is 78.6. The molecule has 3 rings (SSSR count). The van der Waals surface area contributed by atoms with Crippen molar-refractivity contribution in [3.05, 3.63) is 34.7 Å². The Labute approximate surface area is 487 Å². The molecule has 0 aliphatic carbocycles. The van der Waals surface area contributed by atoms with Crippen LogP contribution in [0.15, 0.2) is 34.7 Å². The molecule has 2 bridgehead atoms. The van der Waals surface area contributed by atoms with E-state index in [2.05, 4.69) is 0 Å². The van der Waals surface area contributed by atoms with Crippen molar-refractivity contribution in [2.24, 2.45) is 0 Å². The van der Waals surface area contributed by atoms with Gasteiger partial charge in [0.1, 0.15) is 97.7 Å². The Hall–Kier alpha value is -3.46. The number of hydrogen-bond acceptors (Lipinski definition) is 39. The summed E-state index contributed by atoms with van der Waals surface area (Å²) in [6.45, 7) is -7.97. The van der Waals surface area contributed by atoms with Crippen LogP contribution in [0.1, 0.15) is 44.9 Å². The van der Waals surface area contributed by atoms with E-state index in [9.17, 15) is 153 Å². The van der Waals surface area contributed by atoms with Gasteiger partial charge in [0.05, 0.1) is 24.9 Å². The summed E-state index contributed by atoms with van der Waals surface area (Å²) < 4.78 is 46.8. The van der Waals surface area contributed by atoms with E-state index >= 15 is 0 Å². The molecule has 26 atom stereocenters. The molecule has 26 unspecified atom stereocenters. The number of aliphatic hydroxyl groups excluding tert-OH is 30. The number of aliphatic hydroxyl groups is 30. The van der Waals surface area contributed by atoms with E-state index in [0.29, 0.717) is 0 Å². The van der Waals surface area contributed by atoms with Gasteiger partial charge in [-0.25, -0.2) is 0 Å². The van der Waals surface area contributed by atoms with Gasteiger partial charge >= 0.3 is 5.95 Å². The lowest BCUT2D eigenvalue weighted by Crippen LogP contribution is -2.62. The normalized spacial score (nSPS) is 43.2. The second kappa shape index (κ2) is 38.9. The van der Waals surface area contributed by atoms with Gasteiger partial charge in [-0.2, -0.15) is 0 Å². The Bertz CT molecular complexity index is 1970. The quantitative estimate of drug-likeness (QED) is 0.0724. The lowest BCUT2D eigenvalue weighted by atomic mass is 9.98. The Balaban J connectivity index is 2.77. The molecule has 86 heavy (non-hydrogen) atoms. The minimum absolute atomic E-state index is 0.781. The van der Waals surface area contributed by atoms with Gasteiger partial charge in [-0.1, -0.05) is 0 Å². The van der Waals surface area contributed by atoms with Crippen molar-refractivity contribution < 1.29 is 196 Å². The first-order valence-electron chi connectivity index (χ1n) is 26.5. The Kier molecular flexibility index (Phi) is 35.6. The molecular formula is C47H86O39. The van der Waals surface area contributed by atoms with Gasteiger partial charge < -0.3 is 196 Å². The van der Waals surface area contributed by atoms with Crippen LogP contribution >= 0.6 is 0 Å². The maximum absolute atomic E-state index is 11.1. The van der Waals surface area contributed by atoms with Crippen molar-refractivity contribution in [3.8, 4) is 0 Å². The fourth-order valence-corrected chi connectivity index (χ4v) is 8.36. The lowest BCUT2D eigenvalue weighted by molar-refractivity contribution is -0.340. The van der Waals surface area contributed by atoms with Gasteiger partial charge in [0.2, 0.25) is 18.3 Å². The van der Waals surface area contributed by atoms with Crippen LogP contribution in [-0.2, 0) is 42.6 Å². The summed E-state index contributed by atoms with van der Waals surface area (Å²) >= 11 is 0. The van der Waals surface area contributed by atoms with Crippen molar-refractivity contribution in [2.75, 3.05) is 52.9 Å². The summed E-state index contributed by atoms with van der Waals surface area (Å²) in [6.07, 6.45) is -68.9.